The van der Waals surface area contributed by atoms with Gasteiger partial charge >= 0.3 is 11.9 Å². The third-order valence-electron chi connectivity index (χ3n) is 4.26. The van der Waals surface area contributed by atoms with Crippen molar-refractivity contribution in [2.24, 2.45) is 0 Å². The normalized spacial score (nSPS) is 11.5. The van der Waals surface area contributed by atoms with Crippen LogP contribution in [0.3, 0.4) is 0 Å². The largest absolute Gasteiger partial charge is 0.465 e. The smallest absolute Gasteiger partial charge is 0.330 e. The zero-order valence-electron chi connectivity index (χ0n) is 22.4. The summed E-state index contributed by atoms with van der Waals surface area (Å²) in [6.45, 7) is 3.71. The molecule has 0 saturated heterocycles. The van der Waals surface area contributed by atoms with E-state index in [1.807, 2.05) is 60.7 Å². The summed E-state index contributed by atoms with van der Waals surface area (Å²) >= 11 is 8.44. The van der Waals surface area contributed by atoms with Gasteiger partial charge in [-0.2, -0.15) is 24.4 Å². The summed E-state index contributed by atoms with van der Waals surface area (Å²) in [5.41, 5.74) is 0. The Hall–Kier alpha value is -1.64. The van der Waals surface area contributed by atoms with E-state index < -0.39 is 12.2 Å². The van der Waals surface area contributed by atoms with Crippen LogP contribution in [0.4, 0.5) is 0 Å². The molecule has 224 valence electrons. The van der Waals surface area contributed by atoms with E-state index in [-0.39, 0.29) is 25.2 Å². The molecule has 4 N–H and O–H groups in total. The number of carbonyl (C=O) groups is 2. The summed E-state index contributed by atoms with van der Waals surface area (Å²) in [5, 5.41) is 34.1. The summed E-state index contributed by atoms with van der Waals surface area (Å²) < 4.78 is 9.95. The van der Waals surface area contributed by atoms with E-state index in [4.69, 9.17) is 29.9 Å². The van der Waals surface area contributed by atoms with Gasteiger partial charge in [0.25, 0.3) is 0 Å². The Morgan fingerprint density at radius 2 is 1.32 bits per heavy atom. The number of rotatable bonds is 17. The van der Waals surface area contributed by atoms with E-state index in [9.17, 15) is 9.59 Å². The molecule has 0 amide bonds. The minimum absolute atomic E-state index is 0.191. The summed E-state index contributed by atoms with van der Waals surface area (Å²) in [6, 6.07) is 20.0. The molecule has 2 aromatic rings. The summed E-state index contributed by atoms with van der Waals surface area (Å²) in [7, 11) is 0. The molecular formula is C28H40O8S4. The van der Waals surface area contributed by atoms with Crippen molar-refractivity contribution < 1.29 is 39.5 Å². The van der Waals surface area contributed by atoms with Crippen LogP contribution in [0.2, 0.25) is 0 Å². The maximum Gasteiger partial charge on any atom is 0.330 e. The van der Waals surface area contributed by atoms with Crippen LogP contribution < -0.4 is 0 Å². The van der Waals surface area contributed by atoms with E-state index in [0.717, 1.165) is 16.4 Å². The summed E-state index contributed by atoms with van der Waals surface area (Å²) in [4.78, 5) is 24.4. The lowest BCUT2D eigenvalue weighted by molar-refractivity contribution is -0.142. The van der Waals surface area contributed by atoms with Crippen molar-refractivity contribution in [2.45, 2.75) is 28.4 Å². The second-order valence-electron chi connectivity index (χ2n) is 7.60. The first-order valence-electron chi connectivity index (χ1n) is 12.4. The minimum atomic E-state index is -0.710. The Morgan fingerprint density at radius 1 is 0.825 bits per heavy atom. The van der Waals surface area contributed by atoms with E-state index in [0.29, 0.717) is 36.9 Å². The Kier molecular flexibility index (Phi) is 26.4. The van der Waals surface area contributed by atoms with Crippen LogP contribution in [0.1, 0.15) is 6.42 Å². The number of aliphatic hydroxyl groups is 4. The SMILES string of the molecule is C=CC(=O)OCCSc1ccccc1.O=C(CCSCC(O)CO)OCCSc1ccccc1.OCC(O)CS. The van der Waals surface area contributed by atoms with Crippen molar-refractivity contribution in [1.29, 1.82) is 0 Å². The standard InChI is InChI=1S/C14H20O4S2.C11H12O2S.C3H8O2S/c15-10-12(16)11-19-8-6-14(17)18-7-9-20-13-4-2-1-3-5-13;1-2-11(12)13-8-9-14-10-6-4-3-5-7-10;4-1-3(5)2-6/h1-5,12,15-16H,6-11H2;2-7H,1,8-9H2;3-6H,1-2H2. The molecule has 2 aromatic carbocycles. The third-order valence-corrected chi connectivity index (χ3v) is 7.74. The van der Waals surface area contributed by atoms with Gasteiger partial charge < -0.3 is 29.9 Å². The van der Waals surface area contributed by atoms with E-state index in [1.54, 1.807) is 23.5 Å². The first-order chi connectivity index (χ1) is 19.4. The van der Waals surface area contributed by atoms with Gasteiger partial charge in [0.1, 0.15) is 13.2 Å². The topological polar surface area (TPSA) is 134 Å². The van der Waals surface area contributed by atoms with Crippen molar-refractivity contribution in [3.63, 3.8) is 0 Å². The Bertz CT molecular complexity index is 886. The fourth-order valence-electron chi connectivity index (χ4n) is 2.27. The van der Waals surface area contributed by atoms with Crippen molar-refractivity contribution in [3.8, 4) is 0 Å². The molecule has 0 fully saturated rings. The highest BCUT2D eigenvalue weighted by Gasteiger charge is 2.05. The molecular weight excluding hydrogens is 593 g/mol. The first kappa shape index (κ1) is 38.4. The molecule has 12 heteroatoms. The highest BCUT2D eigenvalue weighted by Crippen LogP contribution is 2.17. The average molecular weight is 633 g/mol. The first-order valence-corrected chi connectivity index (χ1v) is 16.2. The number of ether oxygens (including phenoxy) is 2. The van der Waals surface area contributed by atoms with Crippen LogP contribution in [-0.4, -0.2) is 99.8 Å². The van der Waals surface area contributed by atoms with Crippen LogP contribution in [0, 0.1) is 0 Å². The van der Waals surface area contributed by atoms with E-state index in [1.165, 1.54) is 22.7 Å². The molecule has 2 atom stereocenters. The Morgan fingerprint density at radius 3 is 1.75 bits per heavy atom. The van der Waals surface area contributed by atoms with Crippen molar-refractivity contribution in [3.05, 3.63) is 73.3 Å². The van der Waals surface area contributed by atoms with Crippen molar-refractivity contribution >= 4 is 59.9 Å². The van der Waals surface area contributed by atoms with Gasteiger partial charge in [-0.25, -0.2) is 4.79 Å². The molecule has 8 nitrogen and oxygen atoms in total. The molecule has 0 aliphatic carbocycles. The van der Waals surface area contributed by atoms with Gasteiger partial charge in [-0.3, -0.25) is 4.79 Å². The minimum Gasteiger partial charge on any atom is -0.465 e. The van der Waals surface area contributed by atoms with Crippen LogP contribution >= 0.6 is 47.9 Å². The van der Waals surface area contributed by atoms with Crippen LogP contribution in [0.5, 0.6) is 0 Å². The molecule has 0 aliphatic rings. The second-order valence-corrected chi connectivity index (χ2v) is 11.4. The Labute approximate surface area is 255 Å². The second kappa shape index (κ2) is 27.5. The molecule has 2 rings (SSSR count). The van der Waals surface area contributed by atoms with Crippen LogP contribution in [0.25, 0.3) is 0 Å². The average Bonchev–Trinajstić information content (AvgIpc) is 3.00. The number of aliphatic hydroxyl groups excluding tert-OH is 4. The summed E-state index contributed by atoms with van der Waals surface area (Å²) in [6.07, 6.45) is 0.151. The number of hydrogen-bond acceptors (Lipinski definition) is 12. The molecule has 0 radical (unpaired) electrons. The van der Waals surface area contributed by atoms with E-state index >= 15 is 0 Å². The van der Waals surface area contributed by atoms with Crippen molar-refractivity contribution in [1.82, 2.24) is 0 Å². The zero-order valence-corrected chi connectivity index (χ0v) is 25.7. The molecule has 2 unspecified atom stereocenters. The number of thioether (sulfide) groups is 3. The third kappa shape index (κ3) is 24.2. The predicted molar refractivity (Wildman–Crippen MR) is 168 cm³/mol. The van der Waals surface area contributed by atoms with Gasteiger partial charge in [-0.1, -0.05) is 43.0 Å². The lowest BCUT2D eigenvalue weighted by atomic mass is 10.4. The fraction of sp³-hybridized carbons (Fsp3) is 0.429. The number of carbonyl (C=O) groups excluding carboxylic acids is 2. The van der Waals surface area contributed by atoms with Gasteiger partial charge in [0.15, 0.2) is 0 Å². The lowest BCUT2D eigenvalue weighted by Gasteiger charge is -2.07. The van der Waals surface area contributed by atoms with Gasteiger partial charge in [-0.15, -0.1) is 23.5 Å². The number of thiol groups is 1. The Balaban J connectivity index is 0.000000657. The molecule has 0 heterocycles. The summed E-state index contributed by atoms with van der Waals surface area (Å²) in [5.74, 6) is 2.30. The van der Waals surface area contributed by atoms with E-state index in [2.05, 4.69) is 19.2 Å². The number of esters is 2. The highest BCUT2D eigenvalue weighted by atomic mass is 32.2. The molecule has 40 heavy (non-hydrogen) atoms. The van der Waals surface area contributed by atoms with Gasteiger partial charge in [0.05, 0.1) is 31.8 Å². The number of hydrogen-bond donors (Lipinski definition) is 5. The van der Waals surface area contributed by atoms with Crippen LogP contribution in [-0.2, 0) is 19.1 Å². The molecule has 0 aliphatic heterocycles. The van der Waals surface area contributed by atoms with Gasteiger partial charge in [0.2, 0.25) is 0 Å². The van der Waals surface area contributed by atoms with Crippen molar-refractivity contribution in [2.75, 3.05) is 55.2 Å². The highest BCUT2D eigenvalue weighted by molar-refractivity contribution is 7.99. The van der Waals surface area contributed by atoms with Gasteiger partial charge in [-0.05, 0) is 24.3 Å². The predicted octanol–water partition coefficient (Wildman–Crippen LogP) is 3.58. The van der Waals surface area contributed by atoms with Gasteiger partial charge in [0, 0.05) is 44.6 Å². The molecule has 0 aromatic heterocycles. The molecule has 0 saturated carbocycles. The number of benzene rings is 2. The maximum atomic E-state index is 11.4. The maximum absolute atomic E-state index is 11.4. The lowest BCUT2D eigenvalue weighted by Crippen LogP contribution is -2.15. The fourth-order valence-corrected chi connectivity index (χ4v) is 4.74. The van der Waals surface area contributed by atoms with Crippen LogP contribution in [0.15, 0.2) is 83.1 Å². The molecule has 0 spiro atoms. The molecule has 0 bridgehead atoms. The quantitative estimate of drug-likeness (QED) is 0.0576. The zero-order chi connectivity index (χ0) is 29.8. The monoisotopic (exact) mass is 632 g/mol.